The number of aromatic nitrogens is 1. The van der Waals surface area contributed by atoms with E-state index in [1.807, 2.05) is 24.4 Å². The maximum atomic E-state index is 11.8. The first-order valence-electron chi connectivity index (χ1n) is 6.56. The molecule has 0 N–H and O–H groups in total. The third-order valence-corrected chi connectivity index (χ3v) is 4.09. The third kappa shape index (κ3) is 2.17. The van der Waals surface area contributed by atoms with Crippen molar-refractivity contribution in [2.45, 2.75) is 25.7 Å². The molecule has 1 saturated heterocycles. The second-order valence-corrected chi connectivity index (χ2v) is 5.41. The molecule has 100 valence electrons. The standard InChI is InChI=1S/C15H16ClNO2/c1-10(18)12-9-14(11-4-7-19-8-5-11)17-6-2-3-13(16)15(12)17/h2-3,6,9,11H,4-5,7-8H2,1H3. The number of ketones is 1. The molecule has 2 aromatic rings. The molecule has 1 fully saturated rings. The maximum absolute atomic E-state index is 11.8. The molecule has 3 heterocycles. The molecule has 0 atom stereocenters. The highest BCUT2D eigenvalue weighted by molar-refractivity contribution is 6.34. The summed E-state index contributed by atoms with van der Waals surface area (Å²) >= 11 is 6.26. The minimum Gasteiger partial charge on any atom is -0.381 e. The molecule has 3 rings (SSSR count). The molecule has 0 aromatic carbocycles. The van der Waals surface area contributed by atoms with Crippen LogP contribution >= 0.6 is 11.6 Å². The van der Waals surface area contributed by atoms with Gasteiger partial charge in [-0.25, -0.2) is 0 Å². The Kier molecular flexibility index (Phi) is 3.33. The van der Waals surface area contributed by atoms with Gasteiger partial charge in [0.25, 0.3) is 0 Å². The van der Waals surface area contributed by atoms with Crippen molar-refractivity contribution in [3.8, 4) is 0 Å². The van der Waals surface area contributed by atoms with Crippen LogP contribution in [0.5, 0.6) is 0 Å². The lowest BCUT2D eigenvalue weighted by atomic mass is 9.96. The van der Waals surface area contributed by atoms with Crippen molar-refractivity contribution >= 4 is 22.9 Å². The lowest BCUT2D eigenvalue weighted by Crippen LogP contribution is -2.15. The number of nitrogens with zero attached hydrogens (tertiary/aromatic N) is 1. The van der Waals surface area contributed by atoms with Gasteiger partial charge in [0.1, 0.15) is 0 Å². The molecule has 1 aliphatic heterocycles. The fourth-order valence-electron chi connectivity index (χ4n) is 2.82. The average molecular weight is 278 g/mol. The van der Waals surface area contributed by atoms with E-state index in [0.717, 1.165) is 31.6 Å². The molecule has 4 heteroatoms. The van der Waals surface area contributed by atoms with E-state index in [1.165, 1.54) is 5.69 Å². The first-order valence-corrected chi connectivity index (χ1v) is 6.94. The zero-order valence-electron chi connectivity index (χ0n) is 10.9. The van der Waals surface area contributed by atoms with Gasteiger partial charge in [0.2, 0.25) is 0 Å². The summed E-state index contributed by atoms with van der Waals surface area (Å²) in [4.78, 5) is 11.8. The van der Waals surface area contributed by atoms with Crippen molar-refractivity contribution in [2.75, 3.05) is 13.2 Å². The summed E-state index contributed by atoms with van der Waals surface area (Å²) in [6.07, 6.45) is 3.98. The molecule has 1 aliphatic rings. The van der Waals surface area contributed by atoms with Gasteiger partial charge >= 0.3 is 0 Å². The fourth-order valence-corrected chi connectivity index (χ4v) is 3.08. The van der Waals surface area contributed by atoms with Crippen LogP contribution in [-0.2, 0) is 4.74 Å². The zero-order valence-corrected chi connectivity index (χ0v) is 11.6. The minimum atomic E-state index is 0.0592. The number of hydrogen-bond donors (Lipinski definition) is 0. The van der Waals surface area contributed by atoms with Gasteiger partial charge < -0.3 is 9.14 Å². The van der Waals surface area contributed by atoms with Crippen LogP contribution in [0.25, 0.3) is 5.52 Å². The van der Waals surface area contributed by atoms with Crippen LogP contribution in [0.4, 0.5) is 0 Å². The highest BCUT2D eigenvalue weighted by atomic mass is 35.5. The number of carbonyl (C=O) groups excluding carboxylic acids is 1. The Bertz CT molecular complexity index is 626. The van der Waals surface area contributed by atoms with E-state index in [-0.39, 0.29) is 5.78 Å². The van der Waals surface area contributed by atoms with Crippen molar-refractivity contribution in [3.05, 3.63) is 40.7 Å². The number of halogens is 1. The Morgan fingerprint density at radius 1 is 1.42 bits per heavy atom. The molecule has 19 heavy (non-hydrogen) atoms. The highest BCUT2D eigenvalue weighted by Crippen LogP contribution is 2.33. The number of rotatable bonds is 2. The molecular formula is C15H16ClNO2. The second kappa shape index (κ2) is 4.99. The zero-order chi connectivity index (χ0) is 13.4. The van der Waals surface area contributed by atoms with E-state index in [2.05, 4.69) is 4.40 Å². The van der Waals surface area contributed by atoms with Crippen molar-refractivity contribution in [2.24, 2.45) is 0 Å². The highest BCUT2D eigenvalue weighted by Gasteiger charge is 2.22. The summed E-state index contributed by atoms with van der Waals surface area (Å²) in [6, 6.07) is 5.75. The van der Waals surface area contributed by atoms with Gasteiger partial charge in [0.15, 0.2) is 5.78 Å². The van der Waals surface area contributed by atoms with Crippen LogP contribution in [0.1, 0.15) is 41.7 Å². The van der Waals surface area contributed by atoms with E-state index in [4.69, 9.17) is 16.3 Å². The summed E-state index contributed by atoms with van der Waals surface area (Å²) < 4.78 is 7.47. The average Bonchev–Trinajstić information content (AvgIpc) is 2.81. The molecule has 0 aliphatic carbocycles. The van der Waals surface area contributed by atoms with E-state index >= 15 is 0 Å². The molecule has 2 aromatic heterocycles. The van der Waals surface area contributed by atoms with Crippen molar-refractivity contribution in [1.82, 2.24) is 4.40 Å². The van der Waals surface area contributed by atoms with Crippen LogP contribution in [0.15, 0.2) is 24.4 Å². The summed E-state index contributed by atoms with van der Waals surface area (Å²) in [5.41, 5.74) is 2.72. The predicted molar refractivity (Wildman–Crippen MR) is 75.2 cm³/mol. The largest absolute Gasteiger partial charge is 0.381 e. The number of pyridine rings is 1. The third-order valence-electron chi connectivity index (χ3n) is 3.79. The Labute approximate surface area is 117 Å². The Balaban J connectivity index is 2.19. The number of fused-ring (bicyclic) bond motifs is 1. The fraction of sp³-hybridized carbons (Fsp3) is 0.400. The van der Waals surface area contributed by atoms with Crippen molar-refractivity contribution in [1.29, 1.82) is 0 Å². The smallest absolute Gasteiger partial charge is 0.162 e. The lowest BCUT2D eigenvalue weighted by molar-refractivity contribution is 0.0843. The van der Waals surface area contributed by atoms with Crippen molar-refractivity contribution < 1.29 is 9.53 Å². The first kappa shape index (κ1) is 12.7. The molecule has 0 radical (unpaired) electrons. The van der Waals surface area contributed by atoms with Gasteiger partial charge in [-0.2, -0.15) is 0 Å². The molecule has 3 nitrogen and oxygen atoms in total. The monoisotopic (exact) mass is 277 g/mol. The molecule has 0 amide bonds. The second-order valence-electron chi connectivity index (χ2n) is 5.00. The Morgan fingerprint density at radius 2 is 2.16 bits per heavy atom. The first-order chi connectivity index (χ1) is 9.18. The van der Waals surface area contributed by atoms with Crippen LogP contribution in [0, 0.1) is 0 Å². The van der Waals surface area contributed by atoms with Crippen LogP contribution in [0.2, 0.25) is 5.02 Å². The van der Waals surface area contributed by atoms with Crippen LogP contribution < -0.4 is 0 Å². The Morgan fingerprint density at radius 3 is 2.84 bits per heavy atom. The van der Waals surface area contributed by atoms with Crippen molar-refractivity contribution in [3.63, 3.8) is 0 Å². The van der Waals surface area contributed by atoms with E-state index in [9.17, 15) is 4.79 Å². The normalized spacial score (nSPS) is 16.9. The Hall–Kier alpha value is -1.32. The number of hydrogen-bond acceptors (Lipinski definition) is 2. The van der Waals surface area contributed by atoms with Crippen LogP contribution in [0.3, 0.4) is 0 Å². The van der Waals surface area contributed by atoms with Gasteiger partial charge in [-0.05, 0) is 38.0 Å². The SMILES string of the molecule is CC(=O)c1cc(C2CCOCC2)n2cccc(Cl)c12. The topological polar surface area (TPSA) is 30.7 Å². The van der Waals surface area contributed by atoms with Gasteiger partial charge in [0.05, 0.1) is 10.5 Å². The summed E-state index contributed by atoms with van der Waals surface area (Å²) in [5.74, 6) is 0.497. The molecular weight excluding hydrogens is 262 g/mol. The maximum Gasteiger partial charge on any atom is 0.162 e. The number of ether oxygens (including phenoxy) is 1. The quantitative estimate of drug-likeness (QED) is 0.784. The predicted octanol–water partition coefficient (Wildman–Crippen LogP) is 3.69. The van der Waals surface area contributed by atoms with Gasteiger partial charge in [-0.1, -0.05) is 11.6 Å². The number of Topliss-reactive ketones (excluding diaryl/α,β-unsaturated/α-hetero) is 1. The van der Waals surface area contributed by atoms with E-state index < -0.39 is 0 Å². The molecule has 0 saturated carbocycles. The van der Waals surface area contributed by atoms with E-state index in [0.29, 0.717) is 16.5 Å². The minimum absolute atomic E-state index is 0.0592. The molecule has 0 bridgehead atoms. The lowest BCUT2D eigenvalue weighted by Gasteiger charge is -2.22. The van der Waals surface area contributed by atoms with Gasteiger partial charge in [-0.3, -0.25) is 4.79 Å². The van der Waals surface area contributed by atoms with Gasteiger partial charge in [0, 0.05) is 36.6 Å². The van der Waals surface area contributed by atoms with E-state index in [1.54, 1.807) is 6.92 Å². The number of carbonyl (C=O) groups is 1. The van der Waals surface area contributed by atoms with Gasteiger partial charge in [-0.15, -0.1) is 0 Å². The molecule has 0 spiro atoms. The van der Waals surface area contributed by atoms with Crippen LogP contribution in [-0.4, -0.2) is 23.4 Å². The summed E-state index contributed by atoms with van der Waals surface area (Å²) in [7, 11) is 0. The summed E-state index contributed by atoms with van der Waals surface area (Å²) in [6.45, 7) is 3.16. The summed E-state index contributed by atoms with van der Waals surface area (Å²) in [5, 5.41) is 0.631. The molecule has 0 unspecified atom stereocenters.